The summed E-state index contributed by atoms with van der Waals surface area (Å²) in [5.41, 5.74) is 4.45. The van der Waals surface area contributed by atoms with Crippen molar-refractivity contribution in [1.29, 1.82) is 0 Å². The minimum Gasteiger partial charge on any atom is -0.481 e. The summed E-state index contributed by atoms with van der Waals surface area (Å²) in [5, 5.41) is 13.3. The van der Waals surface area contributed by atoms with Crippen LogP contribution in [-0.2, 0) is 27.2 Å². The zero-order chi connectivity index (χ0) is 29.2. The van der Waals surface area contributed by atoms with Crippen molar-refractivity contribution < 1.29 is 24.2 Å². The van der Waals surface area contributed by atoms with E-state index in [1.165, 1.54) is 22.2 Å². The maximum Gasteiger partial charge on any atom is 0.305 e. The molecule has 1 unspecified atom stereocenters. The molecule has 11 heteroatoms. The number of aromatic nitrogens is 2. The molecule has 0 saturated carbocycles. The molecule has 3 aliphatic rings. The minimum atomic E-state index is -1.05. The van der Waals surface area contributed by atoms with E-state index in [-0.39, 0.29) is 30.8 Å². The average Bonchev–Trinajstić information content (AvgIpc) is 3.13. The van der Waals surface area contributed by atoms with Gasteiger partial charge in [-0.2, -0.15) is 0 Å². The summed E-state index contributed by atoms with van der Waals surface area (Å²) in [7, 11) is 0. The lowest BCUT2D eigenvalue weighted by Crippen LogP contribution is -2.43. The molecule has 1 fully saturated rings. The molecule has 2 aromatic carbocycles. The third kappa shape index (κ3) is 5.82. The molecule has 0 radical (unpaired) electrons. The summed E-state index contributed by atoms with van der Waals surface area (Å²) in [4.78, 5) is 51.1. The van der Waals surface area contributed by atoms with Gasteiger partial charge in [-0.1, -0.05) is 48.0 Å². The molecule has 3 aromatic rings. The van der Waals surface area contributed by atoms with Gasteiger partial charge in [0.25, 0.3) is 5.91 Å². The number of aliphatic carboxylic acids is 1. The number of nitrogens with one attached hydrogen (secondary N) is 1. The second-order valence-corrected chi connectivity index (χ2v) is 11.3. The third-order valence-corrected chi connectivity index (χ3v) is 8.58. The fraction of sp³-hybridized carbons (Fsp3) is 0.387. The Morgan fingerprint density at radius 1 is 1.07 bits per heavy atom. The van der Waals surface area contributed by atoms with Crippen LogP contribution >= 0.6 is 11.6 Å². The molecule has 10 nitrogen and oxygen atoms in total. The highest BCUT2D eigenvalue weighted by Gasteiger charge is 2.40. The number of fused-ring (bicyclic) bond motifs is 2. The van der Waals surface area contributed by atoms with Crippen molar-refractivity contribution in [2.45, 2.75) is 44.2 Å². The number of hydrogen-bond donors (Lipinski definition) is 2. The Morgan fingerprint density at radius 2 is 1.79 bits per heavy atom. The van der Waals surface area contributed by atoms with Crippen LogP contribution in [0.15, 0.2) is 48.7 Å². The topological polar surface area (TPSA) is 125 Å². The van der Waals surface area contributed by atoms with Crippen LogP contribution in [0.3, 0.4) is 0 Å². The Bertz CT molecular complexity index is 1500. The van der Waals surface area contributed by atoms with Crippen molar-refractivity contribution in [2.75, 3.05) is 38.2 Å². The molecule has 2 N–H and O–H groups in total. The van der Waals surface area contributed by atoms with Crippen LogP contribution in [0.25, 0.3) is 11.3 Å². The number of carbonyl (C=O) groups excluding carboxylic acids is 2. The number of amides is 2. The van der Waals surface area contributed by atoms with Gasteiger partial charge in [-0.15, -0.1) is 0 Å². The summed E-state index contributed by atoms with van der Waals surface area (Å²) in [6, 6.07) is 12.8. The number of anilines is 1. The van der Waals surface area contributed by atoms with Gasteiger partial charge in [0.2, 0.25) is 11.9 Å². The molecule has 6 rings (SSSR count). The van der Waals surface area contributed by atoms with Crippen LogP contribution in [0, 0.1) is 0 Å². The molecule has 4 heterocycles. The number of benzene rings is 2. The molecular weight excluding hydrogens is 558 g/mol. The van der Waals surface area contributed by atoms with Gasteiger partial charge in [0.05, 0.1) is 29.4 Å². The molecule has 42 heavy (non-hydrogen) atoms. The zero-order valence-corrected chi connectivity index (χ0v) is 23.8. The Morgan fingerprint density at radius 3 is 2.48 bits per heavy atom. The number of carboxylic acid groups (broad SMARTS) is 1. The van der Waals surface area contributed by atoms with Gasteiger partial charge in [0.15, 0.2) is 0 Å². The first-order valence-electron chi connectivity index (χ1n) is 14.3. The molecule has 2 amide bonds. The maximum atomic E-state index is 13.7. The van der Waals surface area contributed by atoms with Crippen LogP contribution in [0.2, 0.25) is 5.02 Å². The van der Waals surface area contributed by atoms with Crippen molar-refractivity contribution in [2.24, 2.45) is 0 Å². The summed E-state index contributed by atoms with van der Waals surface area (Å²) in [6.45, 7) is 2.26. The number of rotatable bonds is 7. The van der Waals surface area contributed by atoms with Crippen LogP contribution in [-0.4, -0.2) is 81.5 Å². The first kappa shape index (κ1) is 28.1. The van der Waals surface area contributed by atoms with Crippen molar-refractivity contribution >= 4 is 35.3 Å². The normalized spacial score (nSPS) is 18.8. The number of halogens is 1. The second-order valence-electron chi connectivity index (χ2n) is 10.9. The fourth-order valence-electron chi connectivity index (χ4n) is 6.04. The van der Waals surface area contributed by atoms with Crippen LogP contribution < -0.4 is 5.32 Å². The molecule has 0 aliphatic carbocycles. The number of nitrogens with zero attached hydrogens (tertiary/aromatic N) is 4. The molecule has 1 aromatic heterocycles. The quantitative estimate of drug-likeness (QED) is 0.424. The van der Waals surface area contributed by atoms with Crippen molar-refractivity contribution in [3.05, 3.63) is 75.9 Å². The maximum absolute atomic E-state index is 13.7. The highest BCUT2D eigenvalue weighted by molar-refractivity contribution is 6.33. The first-order chi connectivity index (χ1) is 20.4. The zero-order valence-electron chi connectivity index (χ0n) is 23.1. The monoisotopic (exact) mass is 589 g/mol. The Hall–Kier alpha value is -4.02. The number of carbonyl (C=O) groups is 3. The van der Waals surface area contributed by atoms with Crippen LogP contribution in [0.5, 0.6) is 0 Å². The molecular formula is C31H32ClN5O5. The standard InChI is InChI=1S/C31H32ClN5O5/c32-25-17-33-31(34-22-9-13-42-14-10-22)35-29(25)21-5-6-23-24(15-21)30(41)37(26(23)16-28(39)40)18-27(38)36-11-7-19-3-1-2-4-20(19)8-12-36/h1-6,15,17,22,26H,7-14,16,18H2,(H,39,40)(H,33,34,35). The third-order valence-electron chi connectivity index (χ3n) is 8.30. The van der Waals surface area contributed by atoms with E-state index in [2.05, 4.69) is 27.4 Å². The lowest BCUT2D eigenvalue weighted by molar-refractivity contribution is -0.139. The summed E-state index contributed by atoms with van der Waals surface area (Å²) < 4.78 is 5.42. The molecule has 218 valence electrons. The van der Waals surface area contributed by atoms with Crippen molar-refractivity contribution in [3.8, 4) is 11.3 Å². The van der Waals surface area contributed by atoms with Crippen LogP contribution in [0.4, 0.5) is 5.95 Å². The highest BCUT2D eigenvalue weighted by Crippen LogP contribution is 2.39. The average molecular weight is 590 g/mol. The van der Waals surface area contributed by atoms with Crippen molar-refractivity contribution in [1.82, 2.24) is 19.8 Å². The van der Waals surface area contributed by atoms with E-state index >= 15 is 0 Å². The summed E-state index contributed by atoms with van der Waals surface area (Å²) >= 11 is 6.49. The molecule has 0 spiro atoms. The van der Waals surface area contributed by atoms with Gasteiger partial charge in [0, 0.05) is 43.5 Å². The van der Waals surface area contributed by atoms with E-state index in [9.17, 15) is 19.5 Å². The van der Waals surface area contributed by atoms with Gasteiger partial charge in [0.1, 0.15) is 6.54 Å². The molecule has 0 bridgehead atoms. The van der Waals surface area contributed by atoms with Gasteiger partial charge >= 0.3 is 5.97 Å². The molecule has 1 saturated heterocycles. The fourth-order valence-corrected chi connectivity index (χ4v) is 6.24. The number of carboxylic acids is 1. The largest absolute Gasteiger partial charge is 0.481 e. The molecule has 1 atom stereocenters. The van der Waals surface area contributed by atoms with E-state index in [1.54, 1.807) is 23.1 Å². The lowest BCUT2D eigenvalue weighted by atomic mass is 9.98. The van der Waals surface area contributed by atoms with E-state index in [1.807, 2.05) is 12.1 Å². The van der Waals surface area contributed by atoms with E-state index < -0.39 is 12.0 Å². The van der Waals surface area contributed by atoms with E-state index in [0.717, 1.165) is 25.7 Å². The predicted octanol–water partition coefficient (Wildman–Crippen LogP) is 3.99. The van der Waals surface area contributed by atoms with Gasteiger partial charge < -0.3 is 25.0 Å². The van der Waals surface area contributed by atoms with E-state index in [0.29, 0.717) is 59.7 Å². The predicted molar refractivity (Wildman–Crippen MR) is 156 cm³/mol. The van der Waals surface area contributed by atoms with E-state index in [4.69, 9.17) is 16.3 Å². The van der Waals surface area contributed by atoms with Crippen molar-refractivity contribution in [3.63, 3.8) is 0 Å². The highest BCUT2D eigenvalue weighted by atomic mass is 35.5. The SMILES string of the molecule is O=C(O)CC1c2ccc(-c3nc(NC4CCOCC4)ncc3Cl)cc2C(=O)N1CC(=O)N1CCc2ccccc2CC1. The first-order valence-corrected chi connectivity index (χ1v) is 14.6. The summed E-state index contributed by atoms with van der Waals surface area (Å²) in [6.07, 6.45) is 4.39. The second kappa shape index (κ2) is 12.1. The summed E-state index contributed by atoms with van der Waals surface area (Å²) in [5.74, 6) is -1.18. The van der Waals surface area contributed by atoms with Gasteiger partial charge in [-0.25, -0.2) is 9.97 Å². The molecule has 3 aliphatic heterocycles. The Kier molecular flexibility index (Phi) is 8.08. The number of ether oxygens (including phenoxy) is 1. The lowest BCUT2D eigenvalue weighted by Gasteiger charge is -2.27. The Balaban J connectivity index is 1.23. The number of hydrogen-bond acceptors (Lipinski definition) is 7. The minimum absolute atomic E-state index is 0.190. The van der Waals surface area contributed by atoms with Crippen LogP contribution in [0.1, 0.15) is 52.4 Å². The smallest absolute Gasteiger partial charge is 0.305 e. The van der Waals surface area contributed by atoms with Gasteiger partial charge in [-0.05, 0) is 48.4 Å². The van der Waals surface area contributed by atoms with Gasteiger partial charge in [-0.3, -0.25) is 14.4 Å². The Labute approximate surface area is 248 Å².